The van der Waals surface area contributed by atoms with E-state index < -0.39 is 12.0 Å². The van der Waals surface area contributed by atoms with Crippen LogP contribution < -0.4 is 14.9 Å². The summed E-state index contributed by atoms with van der Waals surface area (Å²) in [6.45, 7) is 3.78. The van der Waals surface area contributed by atoms with Crippen molar-refractivity contribution < 1.29 is 9.53 Å². The number of hydrogen-bond acceptors (Lipinski definition) is 6. The minimum atomic E-state index is -0.641. The molecule has 3 heterocycles. The van der Waals surface area contributed by atoms with Crippen LogP contribution in [0, 0.1) is 0 Å². The summed E-state index contributed by atoms with van der Waals surface area (Å²) >= 11 is 1.30. The highest BCUT2D eigenvalue weighted by Crippen LogP contribution is 2.30. The van der Waals surface area contributed by atoms with Crippen molar-refractivity contribution in [2.45, 2.75) is 19.9 Å². The van der Waals surface area contributed by atoms with Crippen molar-refractivity contribution in [1.29, 1.82) is 0 Å². The third kappa shape index (κ3) is 4.63. The molecule has 1 aliphatic rings. The predicted molar refractivity (Wildman–Crippen MR) is 156 cm³/mol. The molecule has 0 N–H and O–H groups in total. The van der Waals surface area contributed by atoms with Crippen LogP contribution in [0.1, 0.15) is 31.1 Å². The fourth-order valence-corrected chi connectivity index (χ4v) is 5.93. The maximum atomic E-state index is 14.0. The van der Waals surface area contributed by atoms with Crippen LogP contribution in [0.15, 0.2) is 118 Å². The minimum absolute atomic E-state index is 0.228. The topological polar surface area (TPSA) is 78.5 Å². The molecule has 0 bridgehead atoms. The molecular formula is C32H26N4O3S. The molecule has 8 heteroatoms. The second kappa shape index (κ2) is 10.7. The summed E-state index contributed by atoms with van der Waals surface area (Å²) in [7, 11) is 0. The number of esters is 1. The van der Waals surface area contributed by atoms with E-state index in [1.54, 1.807) is 18.4 Å². The molecule has 0 saturated heterocycles. The van der Waals surface area contributed by atoms with E-state index in [-0.39, 0.29) is 12.2 Å². The highest BCUT2D eigenvalue weighted by Gasteiger charge is 2.33. The largest absolute Gasteiger partial charge is 0.463 e. The minimum Gasteiger partial charge on any atom is -0.463 e. The van der Waals surface area contributed by atoms with Gasteiger partial charge in [-0.3, -0.25) is 9.36 Å². The Morgan fingerprint density at radius 2 is 1.62 bits per heavy atom. The lowest BCUT2D eigenvalue weighted by molar-refractivity contribution is -0.139. The van der Waals surface area contributed by atoms with Crippen LogP contribution in [0.25, 0.3) is 23.0 Å². The van der Waals surface area contributed by atoms with Crippen LogP contribution in [0.4, 0.5) is 0 Å². The molecule has 0 amide bonds. The first-order chi connectivity index (χ1) is 19.5. The monoisotopic (exact) mass is 546 g/mol. The number of allylic oxidation sites excluding steroid dienone is 1. The molecule has 3 aromatic carbocycles. The standard InChI is InChI=1S/C32H26N4O3S/c1-3-39-31(38)28-21(2)33-32-35(29(28)23-15-9-5-10-16-23)30(37)27(40-32)20-25-19-26(22-13-7-4-8-14-22)34-36(25)24-17-11-6-12-18-24/h4-20,29H,3H2,1-2H3/b27-20+/t29-/m0/s1. The quantitative estimate of drug-likeness (QED) is 0.291. The third-order valence-corrected chi connectivity index (χ3v) is 7.70. The Hall–Kier alpha value is -4.82. The van der Waals surface area contributed by atoms with Crippen LogP contribution in [-0.4, -0.2) is 26.9 Å². The van der Waals surface area contributed by atoms with E-state index in [1.165, 1.54) is 11.3 Å². The van der Waals surface area contributed by atoms with Crippen molar-refractivity contribution in [3.05, 3.63) is 139 Å². The SMILES string of the molecule is CCOC(=O)C1=C(C)N=c2s/c(=C/c3cc(-c4ccccc4)nn3-c3ccccc3)c(=O)n2[C@H]1c1ccccc1. The number of aromatic nitrogens is 3. The lowest BCUT2D eigenvalue weighted by Crippen LogP contribution is -2.39. The van der Waals surface area contributed by atoms with E-state index in [0.29, 0.717) is 20.6 Å². The smallest absolute Gasteiger partial charge is 0.338 e. The first-order valence-electron chi connectivity index (χ1n) is 13.0. The molecule has 6 rings (SSSR count). The number of hydrogen-bond donors (Lipinski definition) is 0. The molecule has 1 atom stereocenters. The number of fused-ring (bicyclic) bond motifs is 1. The second-order valence-corrected chi connectivity index (χ2v) is 10.3. The Labute approximate surface area is 234 Å². The Kier molecular flexibility index (Phi) is 6.84. The van der Waals surface area contributed by atoms with Crippen LogP contribution in [-0.2, 0) is 9.53 Å². The molecule has 40 heavy (non-hydrogen) atoms. The lowest BCUT2D eigenvalue weighted by Gasteiger charge is -2.24. The second-order valence-electron chi connectivity index (χ2n) is 9.28. The number of carbonyl (C=O) groups is 1. The van der Waals surface area contributed by atoms with Gasteiger partial charge in [-0.15, -0.1) is 0 Å². The Morgan fingerprint density at radius 1 is 0.975 bits per heavy atom. The summed E-state index contributed by atoms with van der Waals surface area (Å²) in [6, 6.07) is 30.6. The van der Waals surface area contributed by atoms with Gasteiger partial charge in [0.1, 0.15) is 0 Å². The normalized spacial score (nSPS) is 15.1. The average molecular weight is 547 g/mol. The van der Waals surface area contributed by atoms with Gasteiger partial charge in [-0.05, 0) is 43.7 Å². The van der Waals surface area contributed by atoms with Gasteiger partial charge in [-0.1, -0.05) is 90.2 Å². The summed E-state index contributed by atoms with van der Waals surface area (Å²) < 4.78 is 9.32. The molecule has 0 fully saturated rings. The van der Waals surface area contributed by atoms with Gasteiger partial charge in [0.2, 0.25) is 0 Å². The number of benzene rings is 3. The van der Waals surface area contributed by atoms with Crippen LogP contribution >= 0.6 is 11.3 Å². The summed E-state index contributed by atoms with van der Waals surface area (Å²) in [4.78, 5) is 32.3. The van der Waals surface area contributed by atoms with Gasteiger partial charge in [0.15, 0.2) is 4.80 Å². The molecule has 0 saturated carbocycles. The van der Waals surface area contributed by atoms with E-state index in [1.807, 2.05) is 108 Å². The summed E-state index contributed by atoms with van der Waals surface area (Å²) in [5.41, 5.74) is 4.91. The first kappa shape index (κ1) is 25.5. The molecule has 0 unspecified atom stereocenters. The van der Waals surface area contributed by atoms with Gasteiger partial charge >= 0.3 is 5.97 Å². The number of nitrogens with zero attached hydrogens (tertiary/aromatic N) is 4. The maximum Gasteiger partial charge on any atom is 0.338 e. The third-order valence-electron chi connectivity index (χ3n) is 6.72. The van der Waals surface area contributed by atoms with Gasteiger partial charge in [-0.2, -0.15) is 5.10 Å². The van der Waals surface area contributed by atoms with Gasteiger partial charge in [-0.25, -0.2) is 14.5 Å². The summed E-state index contributed by atoms with van der Waals surface area (Å²) in [5.74, 6) is -0.471. The van der Waals surface area contributed by atoms with E-state index in [2.05, 4.69) is 4.99 Å². The van der Waals surface area contributed by atoms with Crippen LogP contribution in [0.2, 0.25) is 0 Å². The van der Waals surface area contributed by atoms with Gasteiger partial charge in [0.25, 0.3) is 5.56 Å². The zero-order valence-corrected chi connectivity index (χ0v) is 22.8. The zero-order chi connectivity index (χ0) is 27.6. The van der Waals surface area contributed by atoms with Gasteiger partial charge in [0, 0.05) is 5.56 Å². The number of carbonyl (C=O) groups excluding carboxylic acids is 1. The van der Waals surface area contributed by atoms with Crippen molar-refractivity contribution in [3.8, 4) is 16.9 Å². The molecule has 0 aliphatic carbocycles. The van der Waals surface area contributed by atoms with E-state index in [9.17, 15) is 9.59 Å². The molecule has 5 aromatic rings. The van der Waals surface area contributed by atoms with Gasteiger partial charge in [0.05, 0.1) is 45.5 Å². The maximum absolute atomic E-state index is 14.0. The van der Waals surface area contributed by atoms with Crippen molar-refractivity contribution in [1.82, 2.24) is 14.3 Å². The Morgan fingerprint density at radius 3 is 2.30 bits per heavy atom. The Balaban J connectivity index is 1.56. The van der Waals surface area contributed by atoms with Crippen molar-refractivity contribution in [2.75, 3.05) is 6.61 Å². The molecule has 198 valence electrons. The number of ether oxygens (including phenoxy) is 1. The fourth-order valence-electron chi connectivity index (χ4n) is 4.90. The molecule has 2 aromatic heterocycles. The highest BCUT2D eigenvalue weighted by atomic mass is 32.1. The van der Waals surface area contributed by atoms with E-state index in [4.69, 9.17) is 9.84 Å². The van der Waals surface area contributed by atoms with E-state index >= 15 is 0 Å². The molecule has 0 radical (unpaired) electrons. The molecule has 0 spiro atoms. The lowest BCUT2D eigenvalue weighted by atomic mass is 9.96. The van der Waals surface area contributed by atoms with Crippen molar-refractivity contribution >= 4 is 23.4 Å². The number of thiazole rings is 1. The van der Waals surface area contributed by atoms with Crippen molar-refractivity contribution in [3.63, 3.8) is 0 Å². The predicted octanol–water partition coefficient (Wildman–Crippen LogP) is 4.65. The average Bonchev–Trinajstić information content (AvgIpc) is 3.54. The number of para-hydroxylation sites is 1. The van der Waals surface area contributed by atoms with Crippen LogP contribution in [0.3, 0.4) is 0 Å². The van der Waals surface area contributed by atoms with Crippen LogP contribution in [0.5, 0.6) is 0 Å². The molecule has 7 nitrogen and oxygen atoms in total. The zero-order valence-electron chi connectivity index (χ0n) is 22.0. The highest BCUT2D eigenvalue weighted by molar-refractivity contribution is 7.07. The van der Waals surface area contributed by atoms with E-state index in [0.717, 1.165) is 28.2 Å². The summed E-state index contributed by atoms with van der Waals surface area (Å²) in [5, 5.41) is 4.88. The summed E-state index contributed by atoms with van der Waals surface area (Å²) in [6.07, 6.45) is 1.85. The molecular weight excluding hydrogens is 520 g/mol. The fraction of sp³-hybridized carbons (Fsp3) is 0.125. The molecule has 1 aliphatic heterocycles. The first-order valence-corrected chi connectivity index (χ1v) is 13.8. The van der Waals surface area contributed by atoms with Crippen molar-refractivity contribution in [2.24, 2.45) is 4.99 Å². The number of rotatable bonds is 6. The van der Waals surface area contributed by atoms with Gasteiger partial charge < -0.3 is 4.74 Å². The Bertz CT molecular complexity index is 1900.